The Balaban J connectivity index is 1.47. The summed E-state index contributed by atoms with van der Waals surface area (Å²) in [6.45, 7) is 2.81. The van der Waals surface area contributed by atoms with Gasteiger partial charge in [0.05, 0.1) is 19.9 Å². The van der Waals surface area contributed by atoms with E-state index >= 15 is 0 Å². The first-order chi connectivity index (χ1) is 13.7. The van der Waals surface area contributed by atoms with Gasteiger partial charge in [0.2, 0.25) is 5.95 Å². The predicted octanol–water partition coefficient (Wildman–Crippen LogP) is 3.80. The molecule has 2 heterocycles. The van der Waals surface area contributed by atoms with E-state index in [1.807, 2.05) is 24.4 Å². The molecule has 2 aromatic carbocycles. The van der Waals surface area contributed by atoms with Gasteiger partial charge in [0.1, 0.15) is 11.5 Å². The van der Waals surface area contributed by atoms with Crippen LogP contribution < -0.4 is 14.8 Å². The van der Waals surface area contributed by atoms with E-state index in [0.717, 1.165) is 48.9 Å². The van der Waals surface area contributed by atoms with Gasteiger partial charge in [-0.25, -0.2) is 9.97 Å². The number of rotatable bonds is 6. The number of aromatic nitrogens is 2. The highest BCUT2D eigenvalue weighted by atomic mass is 16.5. The molecule has 1 aliphatic rings. The van der Waals surface area contributed by atoms with Gasteiger partial charge in [-0.1, -0.05) is 30.3 Å². The fourth-order valence-electron chi connectivity index (χ4n) is 3.42. The highest BCUT2D eigenvalue weighted by Crippen LogP contribution is 2.28. The van der Waals surface area contributed by atoms with Crippen LogP contribution >= 0.6 is 0 Å². The SMILES string of the molecule is COc1cc(Nc2ncc3c(n2)CCN(Cc2ccccc2)C3)cc(OC)c1. The number of nitrogens with zero attached hydrogens (tertiary/aromatic N) is 3. The Morgan fingerprint density at radius 3 is 2.50 bits per heavy atom. The first-order valence-electron chi connectivity index (χ1n) is 9.34. The number of hydrogen-bond acceptors (Lipinski definition) is 6. The molecule has 6 nitrogen and oxygen atoms in total. The van der Waals surface area contributed by atoms with Crippen molar-refractivity contribution in [3.05, 3.63) is 71.5 Å². The molecule has 0 bridgehead atoms. The average molecular weight is 376 g/mol. The summed E-state index contributed by atoms with van der Waals surface area (Å²) >= 11 is 0. The molecule has 1 aliphatic heterocycles. The van der Waals surface area contributed by atoms with Gasteiger partial charge in [0, 0.05) is 61.7 Å². The number of nitrogens with one attached hydrogen (secondary N) is 1. The number of ether oxygens (including phenoxy) is 2. The molecule has 0 radical (unpaired) electrons. The van der Waals surface area contributed by atoms with E-state index in [4.69, 9.17) is 14.5 Å². The summed E-state index contributed by atoms with van der Waals surface area (Å²) in [5.41, 5.74) is 4.46. The quantitative estimate of drug-likeness (QED) is 0.706. The van der Waals surface area contributed by atoms with E-state index in [1.165, 1.54) is 11.1 Å². The lowest BCUT2D eigenvalue weighted by Gasteiger charge is -2.28. The molecule has 3 aromatic rings. The Bertz CT molecular complexity index is 924. The van der Waals surface area contributed by atoms with Gasteiger partial charge in [0.15, 0.2) is 0 Å². The Morgan fingerprint density at radius 2 is 1.79 bits per heavy atom. The molecule has 0 fully saturated rings. The normalized spacial score (nSPS) is 13.6. The molecule has 1 aromatic heterocycles. The molecular formula is C22H24N4O2. The van der Waals surface area contributed by atoms with Gasteiger partial charge in [0.25, 0.3) is 0 Å². The fraction of sp³-hybridized carbons (Fsp3) is 0.273. The van der Waals surface area contributed by atoms with E-state index in [1.54, 1.807) is 14.2 Å². The molecule has 1 N–H and O–H groups in total. The second-order valence-corrected chi connectivity index (χ2v) is 6.84. The van der Waals surface area contributed by atoms with E-state index in [9.17, 15) is 0 Å². The highest BCUT2D eigenvalue weighted by Gasteiger charge is 2.18. The summed E-state index contributed by atoms with van der Waals surface area (Å²) in [7, 11) is 3.27. The molecule has 6 heteroatoms. The molecule has 144 valence electrons. The number of benzene rings is 2. The third kappa shape index (κ3) is 4.23. The standard InChI is InChI=1S/C22H24N4O2/c1-27-19-10-18(11-20(12-19)28-2)24-22-23-13-17-15-26(9-8-21(17)25-22)14-16-6-4-3-5-7-16/h3-7,10-13H,8-9,14-15H2,1-2H3,(H,23,24,25). The Labute approximate surface area is 165 Å². The largest absolute Gasteiger partial charge is 0.497 e. The molecule has 0 saturated carbocycles. The van der Waals surface area contributed by atoms with Crippen molar-refractivity contribution >= 4 is 11.6 Å². The minimum Gasteiger partial charge on any atom is -0.497 e. The third-order valence-electron chi connectivity index (χ3n) is 4.87. The molecule has 0 saturated heterocycles. The highest BCUT2D eigenvalue weighted by molar-refractivity contribution is 5.59. The van der Waals surface area contributed by atoms with Gasteiger partial charge in [-0.15, -0.1) is 0 Å². The number of hydrogen-bond donors (Lipinski definition) is 1. The van der Waals surface area contributed by atoms with Crippen molar-refractivity contribution < 1.29 is 9.47 Å². The summed E-state index contributed by atoms with van der Waals surface area (Å²) in [5.74, 6) is 2.03. The Kier molecular flexibility index (Phi) is 5.39. The van der Waals surface area contributed by atoms with Crippen LogP contribution in [0.5, 0.6) is 11.5 Å². The minimum atomic E-state index is 0.588. The van der Waals surface area contributed by atoms with Gasteiger partial charge < -0.3 is 14.8 Å². The summed E-state index contributed by atoms with van der Waals surface area (Å²) in [6, 6.07) is 16.2. The van der Waals surface area contributed by atoms with Crippen molar-refractivity contribution in [2.24, 2.45) is 0 Å². The molecule has 4 rings (SSSR count). The zero-order valence-electron chi connectivity index (χ0n) is 16.2. The predicted molar refractivity (Wildman–Crippen MR) is 109 cm³/mol. The van der Waals surface area contributed by atoms with Crippen LogP contribution in [-0.4, -0.2) is 35.6 Å². The van der Waals surface area contributed by atoms with Crippen molar-refractivity contribution in [1.82, 2.24) is 14.9 Å². The monoisotopic (exact) mass is 376 g/mol. The van der Waals surface area contributed by atoms with Crippen molar-refractivity contribution in [1.29, 1.82) is 0 Å². The third-order valence-corrected chi connectivity index (χ3v) is 4.87. The van der Waals surface area contributed by atoms with Gasteiger partial charge >= 0.3 is 0 Å². The van der Waals surface area contributed by atoms with Crippen LogP contribution in [0.1, 0.15) is 16.8 Å². The summed E-state index contributed by atoms with van der Waals surface area (Å²) < 4.78 is 10.6. The molecule has 0 unspecified atom stereocenters. The van der Waals surface area contributed by atoms with Crippen LogP contribution in [0, 0.1) is 0 Å². The smallest absolute Gasteiger partial charge is 0.227 e. The lowest BCUT2D eigenvalue weighted by molar-refractivity contribution is 0.243. The van der Waals surface area contributed by atoms with Gasteiger partial charge in [-0.2, -0.15) is 0 Å². The molecule has 0 spiro atoms. The van der Waals surface area contributed by atoms with E-state index in [2.05, 4.69) is 45.5 Å². The molecular weight excluding hydrogens is 352 g/mol. The van der Waals surface area contributed by atoms with Crippen LogP contribution in [0.4, 0.5) is 11.6 Å². The fourth-order valence-corrected chi connectivity index (χ4v) is 3.42. The molecule has 0 amide bonds. The maximum Gasteiger partial charge on any atom is 0.227 e. The van der Waals surface area contributed by atoms with Crippen molar-refractivity contribution in [2.75, 3.05) is 26.1 Å². The topological polar surface area (TPSA) is 59.5 Å². The van der Waals surface area contributed by atoms with Gasteiger partial charge in [-0.3, -0.25) is 4.90 Å². The summed E-state index contributed by atoms with van der Waals surface area (Å²) in [5, 5.41) is 3.26. The van der Waals surface area contributed by atoms with Crippen LogP contribution in [0.15, 0.2) is 54.7 Å². The van der Waals surface area contributed by atoms with Crippen molar-refractivity contribution in [2.45, 2.75) is 19.5 Å². The first-order valence-corrected chi connectivity index (χ1v) is 9.34. The average Bonchev–Trinajstić information content (AvgIpc) is 2.74. The molecule has 0 atom stereocenters. The van der Waals surface area contributed by atoms with Crippen LogP contribution in [-0.2, 0) is 19.5 Å². The number of fused-ring (bicyclic) bond motifs is 1. The second kappa shape index (κ2) is 8.27. The zero-order valence-corrected chi connectivity index (χ0v) is 16.2. The van der Waals surface area contributed by atoms with E-state index < -0.39 is 0 Å². The van der Waals surface area contributed by atoms with Crippen LogP contribution in [0.3, 0.4) is 0 Å². The second-order valence-electron chi connectivity index (χ2n) is 6.84. The maximum absolute atomic E-state index is 5.32. The summed E-state index contributed by atoms with van der Waals surface area (Å²) in [6.07, 6.45) is 2.85. The minimum absolute atomic E-state index is 0.588. The maximum atomic E-state index is 5.32. The lowest BCUT2D eigenvalue weighted by atomic mass is 10.1. The van der Waals surface area contributed by atoms with Crippen molar-refractivity contribution in [3.8, 4) is 11.5 Å². The Morgan fingerprint density at radius 1 is 1.04 bits per heavy atom. The molecule has 28 heavy (non-hydrogen) atoms. The van der Waals surface area contributed by atoms with Gasteiger partial charge in [-0.05, 0) is 5.56 Å². The number of anilines is 2. The first kappa shape index (κ1) is 18.3. The van der Waals surface area contributed by atoms with Crippen molar-refractivity contribution in [3.63, 3.8) is 0 Å². The van der Waals surface area contributed by atoms with E-state index in [-0.39, 0.29) is 0 Å². The van der Waals surface area contributed by atoms with Crippen LogP contribution in [0.2, 0.25) is 0 Å². The summed E-state index contributed by atoms with van der Waals surface area (Å²) in [4.78, 5) is 11.7. The van der Waals surface area contributed by atoms with Crippen LogP contribution in [0.25, 0.3) is 0 Å². The lowest BCUT2D eigenvalue weighted by Crippen LogP contribution is -2.31. The number of methoxy groups -OCH3 is 2. The van der Waals surface area contributed by atoms with E-state index in [0.29, 0.717) is 5.95 Å². The Hall–Kier alpha value is -3.12. The zero-order chi connectivity index (χ0) is 19.3. The molecule has 0 aliphatic carbocycles.